The van der Waals surface area contributed by atoms with Crippen LogP contribution in [0.15, 0.2) is 90.2 Å². The fourth-order valence-corrected chi connectivity index (χ4v) is 5.02. The minimum atomic E-state index is -1.28. The van der Waals surface area contributed by atoms with Gasteiger partial charge in [-0.05, 0) is 59.2 Å². The molecule has 40 heavy (non-hydrogen) atoms. The van der Waals surface area contributed by atoms with Gasteiger partial charge in [0.1, 0.15) is 5.84 Å². The average molecular weight is 549 g/mol. The maximum absolute atomic E-state index is 13.4. The SMILES string of the molecule is CSCC[C@H](NC(=O)c1cccc(CN=C2CN(Cc3ccccc3)C=CN2)c1-c1ccccc1C)C(=O)[O-].[Li+]. The second-order valence-corrected chi connectivity index (χ2v) is 10.4. The number of carboxylic acids is 1. The van der Waals surface area contributed by atoms with E-state index in [1.165, 1.54) is 17.3 Å². The quantitative estimate of drug-likeness (QED) is 0.344. The third-order valence-corrected chi connectivity index (χ3v) is 7.21. The summed E-state index contributed by atoms with van der Waals surface area (Å²) >= 11 is 1.52. The molecule has 1 atom stereocenters. The molecule has 0 saturated heterocycles. The molecule has 1 heterocycles. The van der Waals surface area contributed by atoms with Gasteiger partial charge in [0.05, 0.1) is 25.1 Å². The van der Waals surface area contributed by atoms with Gasteiger partial charge in [0, 0.05) is 24.5 Å². The van der Waals surface area contributed by atoms with Crippen molar-refractivity contribution in [1.29, 1.82) is 0 Å². The Balaban J connectivity index is 0.00000441. The van der Waals surface area contributed by atoms with Crippen molar-refractivity contribution in [1.82, 2.24) is 15.5 Å². The van der Waals surface area contributed by atoms with Gasteiger partial charge in [-0.15, -0.1) is 0 Å². The van der Waals surface area contributed by atoms with E-state index in [4.69, 9.17) is 4.99 Å². The van der Waals surface area contributed by atoms with Gasteiger partial charge >= 0.3 is 18.9 Å². The van der Waals surface area contributed by atoms with E-state index >= 15 is 0 Å². The Hall–Kier alpha value is -3.44. The summed E-state index contributed by atoms with van der Waals surface area (Å²) in [6.45, 7) is 3.76. The smallest absolute Gasteiger partial charge is 0.548 e. The van der Waals surface area contributed by atoms with E-state index in [2.05, 4.69) is 27.7 Å². The number of hydrogen-bond donors (Lipinski definition) is 2. The number of aryl methyl sites for hydroxylation is 1. The largest absolute Gasteiger partial charge is 1.00 e. The number of thioether (sulfide) groups is 1. The van der Waals surface area contributed by atoms with Gasteiger partial charge in [0.15, 0.2) is 0 Å². The molecular formula is C31H33LiN4O3S. The summed E-state index contributed by atoms with van der Waals surface area (Å²) in [5.41, 5.74) is 5.19. The van der Waals surface area contributed by atoms with E-state index in [9.17, 15) is 14.7 Å². The first-order valence-electron chi connectivity index (χ1n) is 12.9. The second kappa shape index (κ2) is 15.4. The van der Waals surface area contributed by atoms with Gasteiger partial charge in [0.2, 0.25) is 0 Å². The monoisotopic (exact) mass is 548 g/mol. The summed E-state index contributed by atoms with van der Waals surface area (Å²) in [6.07, 6.45) is 6.08. The van der Waals surface area contributed by atoms with E-state index in [0.717, 1.165) is 34.6 Å². The van der Waals surface area contributed by atoms with Crippen LogP contribution in [0.2, 0.25) is 0 Å². The van der Waals surface area contributed by atoms with Crippen LogP contribution in [-0.4, -0.2) is 47.2 Å². The zero-order valence-electron chi connectivity index (χ0n) is 23.2. The summed E-state index contributed by atoms with van der Waals surface area (Å²) in [5.74, 6) is -0.295. The van der Waals surface area contributed by atoms with E-state index in [0.29, 0.717) is 30.8 Å². The van der Waals surface area contributed by atoms with E-state index < -0.39 is 17.9 Å². The van der Waals surface area contributed by atoms with Crippen LogP contribution in [0.25, 0.3) is 11.1 Å². The molecule has 0 aliphatic carbocycles. The number of nitrogens with one attached hydrogen (secondary N) is 2. The van der Waals surface area contributed by atoms with E-state index in [1.807, 2.05) is 80.2 Å². The molecule has 3 aromatic carbocycles. The summed E-state index contributed by atoms with van der Waals surface area (Å²) in [6, 6.07) is 22.6. The topological polar surface area (TPSA) is 96.9 Å². The van der Waals surface area contributed by atoms with Gasteiger partial charge in [0.25, 0.3) is 5.91 Å². The fourth-order valence-electron chi connectivity index (χ4n) is 4.55. The van der Waals surface area contributed by atoms with Gasteiger partial charge < -0.3 is 25.4 Å². The number of hydrogen-bond acceptors (Lipinski definition) is 6. The molecule has 0 unspecified atom stereocenters. The molecule has 0 spiro atoms. The van der Waals surface area contributed by atoms with Crippen LogP contribution >= 0.6 is 11.8 Å². The third kappa shape index (κ3) is 8.28. The molecule has 1 aliphatic rings. The van der Waals surface area contributed by atoms with Gasteiger partial charge in [-0.2, -0.15) is 11.8 Å². The van der Waals surface area contributed by atoms with Crippen LogP contribution in [0, 0.1) is 6.92 Å². The number of amidine groups is 1. The van der Waals surface area contributed by atoms with Gasteiger partial charge in [-0.3, -0.25) is 9.79 Å². The molecule has 3 aromatic rings. The molecule has 0 aromatic heterocycles. The van der Waals surface area contributed by atoms with Crippen molar-refractivity contribution in [3.8, 4) is 11.1 Å². The predicted molar refractivity (Wildman–Crippen MR) is 156 cm³/mol. The molecule has 0 saturated carbocycles. The molecule has 4 rings (SSSR count). The normalized spacial score (nSPS) is 14.2. The van der Waals surface area contributed by atoms with Gasteiger partial charge in [-0.1, -0.05) is 66.7 Å². The maximum atomic E-state index is 13.4. The van der Waals surface area contributed by atoms with Crippen LogP contribution in [0.1, 0.15) is 33.5 Å². The zero-order chi connectivity index (χ0) is 27.6. The summed E-state index contributed by atoms with van der Waals surface area (Å²) in [7, 11) is 0. The van der Waals surface area contributed by atoms with Crippen LogP contribution in [-0.2, 0) is 17.9 Å². The Bertz CT molecular complexity index is 1360. The molecule has 0 bridgehead atoms. The van der Waals surface area contributed by atoms with Crippen molar-refractivity contribution < 1.29 is 33.6 Å². The van der Waals surface area contributed by atoms with E-state index in [-0.39, 0.29) is 18.9 Å². The van der Waals surface area contributed by atoms with E-state index in [1.54, 1.807) is 6.07 Å². The van der Waals surface area contributed by atoms with Crippen molar-refractivity contribution in [2.45, 2.75) is 32.5 Å². The first kappa shape index (κ1) is 31.1. The second-order valence-electron chi connectivity index (χ2n) is 9.39. The standard InChI is InChI=1S/C31H34N4O3S.Li/c1-22-9-6-7-13-25(22)29-24(12-8-14-26(29)30(36)34-27(31(37)38)15-18-39-2)19-33-28-21-35(17-16-32-28)20-23-10-4-3-5-11-23;/h3-14,16-17,27H,15,18-21H2,1-2H3,(H,32,33)(H,34,36)(H,37,38);/q;+1/p-1/t27-;/m0./s1. The number of carbonyl (C=O) groups is 2. The molecule has 0 fully saturated rings. The first-order chi connectivity index (χ1) is 19.0. The number of carboxylic acid groups (broad SMARTS) is 1. The number of aliphatic imine (C=N–C) groups is 1. The van der Waals surface area contributed by atoms with Crippen LogP contribution in [0.3, 0.4) is 0 Å². The first-order valence-corrected chi connectivity index (χ1v) is 14.3. The number of nitrogens with zero attached hydrogens (tertiary/aromatic N) is 2. The third-order valence-electron chi connectivity index (χ3n) is 6.57. The van der Waals surface area contributed by atoms with Gasteiger partial charge in [-0.25, -0.2) is 0 Å². The van der Waals surface area contributed by atoms with Crippen molar-refractivity contribution in [3.63, 3.8) is 0 Å². The Kier molecular flexibility index (Phi) is 11.9. The predicted octanol–water partition coefficient (Wildman–Crippen LogP) is 0.743. The van der Waals surface area contributed by atoms with Crippen LogP contribution < -0.4 is 34.6 Å². The molecule has 7 nitrogen and oxygen atoms in total. The summed E-state index contributed by atoms with van der Waals surface area (Å²) < 4.78 is 0. The Labute approximate surface area is 252 Å². The minimum absolute atomic E-state index is 0. The number of benzene rings is 3. The fraction of sp³-hybridized carbons (Fsp3) is 0.258. The Morgan fingerprint density at radius 1 is 1.07 bits per heavy atom. The van der Waals surface area contributed by atoms with Crippen molar-refractivity contribution in [2.75, 3.05) is 18.6 Å². The Morgan fingerprint density at radius 2 is 1.82 bits per heavy atom. The number of amides is 1. The average Bonchev–Trinajstić information content (AvgIpc) is 2.95. The zero-order valence-corrected chi connectivity index (χ0v) is 24.0. The maximum Gasteiger partial charge on any atom is 1.00 e. The molecule has 1 aliphatic heterocycles. The number of aliphatic carboxylic acids is 1. The van der Waals surface area contributed by atoms with Crippen molar-refractivity contribution in [3.05, 3.63) is 107 Å². The molecule has 0 radical (unpaired) electrons. The summed E-state index contributed by atoms with van der Waals surface area (Å²) in [4.78, 5) is 32.2. The van der Waals surface area contributed by atoms with Crippen molar-refractivity contribution in [2.24, 2.45) is 4.99 Å². The van der Waals surface area contributed by atoms with Crippen LogP contribution in [0.5, 0.6) is 0 Å². The Morgan fingerprint density at radius 3 is 2.55 bits per heavy atom. The minimum Gasteiger partial charge on any atom is -0.548 e. The summed E-state index contributed by atoms with van der Waals surface area (Å²) in [5, 5.41) is 17.6. The molecule has 2 N–H and O–H groups in total. The molecule has 9 heteroatoms. The van der Waals surface area contributed by atoms with Crippen LogP contribution in [0.4, 0.5) is 0 Å². The number of carbonyl (C=O) groups excluding carboxylic acids is 2. The molecule has 1 amide bonds. The number of rotatable bonds is 11. The van der Waals surface area contributed by atoms with Crippen molar-refractivity contribution >= 4 is 29.5 Å². The molecular weight excluding hydrogens is 515 g/mol. The molecule has 202 valence electrons.